The molecule has 0 saturated heterocycles. The number of carboxylic acids is 2. The molecular weight excluding hydrogens is 276 g/mol. The van der Waals surface area contributed by atoms with Crippen LogP contribution in [-0.2, 0) is 16.0 Å². The third-order valence-corrected chi connectivity index (χ3v) is 2.87. The van der Waals surface area contributed by atoms with Crippen molar-refractivity contribution in [3.05, 3.63) is 34.3 Å². The number of aliphatic carboxylic acids is 2. The summed E-state index contributed by atoms with van der Waals surface area (Å²) in [7, 11) is 0. The summed E-state index contributed by atoms with van der Waals surface area (Å²) in [5, 5.41) is 36.7. The summed E-state index contributed by atoms with van der Waals surface area (Å²) in [6.45, 7) is 0. The maximum absolute atomic E-state index is 10.6. The highest BCUT2D eigenvalue weighted by Gasteiger charge is 2.22. The molecule has 0 spiro atoms. The van der Waals surface area contributed by atoms with E-state index in [1.165, 1.54) is 18.2 Å². The quantitative estimate of drug-likeness (QED) is 0.616. The molecule has 4 N–H and O–H groups in total. The van der Waals surface area contributed by atoms with Crippen LogP contribution in [0.3, 0.4) is 0 Å². The molecule has 1 aromatic carbocycles. The van der Waals surface area contributed by atoms with Gasteiger partial charge in [0, 0.05) is 5.02 Å². The molecule has 0 aliphatic rings. The van der Waals surface area contributed by atoms with Gasteiger partial charge in [-0.2, -0.15) is 0 Å². The Hall–Kier alpha value is -1.63. The van der Waals surface area contributed by atoms with Gasteiger partial charge in [0.25, 0.3) is 0 Å². The van der Waals surface area contributed by atoms with Crippen LogP contribution in [0.2, 0.25) is 5.02 Å². The SMILES string of the molecule is O=C(O)Cc1cc(C(O)C(O)CC(=O)O)ccc1Cl. The van der Waals surface area contributed by atoms with Gasteiger partial charge in [-0.25, -0.2) is 0 Å². The minimum atomic E-state index is -1.48. The van der Waals surface area contributed by atoms with Gasteiger partial charge in [0.15, 0.2) is 0 Å². The molecule has 0 heterocycles. The molecule has 0 saturated carbocycles. The average Bonchev–Trinajstić information content (AvgIpc) is 2.29. The Bertz CT molecular complexity index is 487. The van der Waals surface area contributed by atoms with Crippen LogP contribution in [0, 0.1) is 0 Å². The van der Waals surface area contributed by atoms with Gasteiger partial charge in [0.2, 0.25) is 0 Å². The minimum absolute atomic E-state index is 0.217. The predicted molar refractivity (Wildman–Crippen MR) is 66.0 cm³/mol. The second kappa shape index (κ2) is 6.51. The van der Waals surface area contributed by atoms with Gasteiger partial charge in [-0.3, -0.25) is 9.59 Å². The van der Waals surface area contributed by atoms with E-state index in [0.29, 0.717) is 0 Å². The number of rotatable bonds is 6. The molecule has 104 valence electrons. The first kappa shape index (κ1) is 15.4. The molecule has 0 radical (unpaired) electrons. The van der Waals surface area contributed by atoms with Crippen LogP contribution in [0.4, 0.5) is 0 Å². The number of hydrogen-bond acceptors (Lipinski definition) is 4. The maximum atomic E-state index is 10.6. The van der Waals surface area contributed by atoms with Crippen LogP contribution in [0.15, 0.2) is 18.2 Å². The van der Waals surface area contributed by atoms with Crippen molar-refractivity contribution < 1.29 is 30.0 Å². The van der Waals surface area contributed by atoms with E-state index in [-0.39, 0.29) is 22.6 Å². The van der Waals surface area contributed by atoms with Crippen LogP contribution >= 0.6 is 11.6 Å². The Morgan fingerprint density at radius 2 is 1.79 bits per heavy atom. The lowest BCUT2D eigenvalue weighted by Gasteiger charge is -2.17. The van der Waals surface area contributed by atoms with Gasteiger partial charge < -0.3 is 20.4 Å². The van der Waals surface area contributed by atoms with Gasteiger partial charge in [0.05, 0.1) is 18.9 Å². The largest absolute Gasteiger partial charge is 0.481 e. The lowest BCUT2D eigenvalue weighted by Crippen LogP contribution is -2.22. The number of carboxylic acid groups (broad SMARTS) is 2. The van der Waals surface area contributed by atoms with E-state index < -0.39 is 30.6 Å². The van der Waals surface area contributed by atoms with Gasteiger partial charge in [0.1, 0.15) is 6.10 Å². The third-order valence-electron chi connectivity index (χ3n) is 2.50. The smallest absolute Gasteiger partial charge is 0.307 e. The molecule has 2 unspecified atom stereocenters. The van der Waals surface area contributed by atoms with Gasteiger partial charge in [-0.15, -0.1) is 0 Å². The third kappa shape index (κ3) is 4.51. The Kier molecular flexibility index (Phi) is 5.29. The lowest BCUT2D eigenvalue weighted by atomic mass is 9.99. The second-order valence-corrected chi connectivity index (χ2v) is 4.44. The van der Waals surface area contributed by atoms with Gasteiger partial charge >= 0.3 is 11.9 Å². The van der Waals surface area contributed by atoms with E-state index in [4.69, 9.17) is 21.8 Å². The summed E-state index contributed by atoms with van der Waals surface area (Å²) in [6, 6.07) is 4.14. The van der Waals surface area contributed by atoms with Gasteiger partial charge in [-0.1, -0.05) is 23.7 Å². The number of aliphatic hydroxyl groups excluding tert-OH is 2. The summed E-state index contributed by atoms with van der Waals surface area (Å²) in [5.74, 6) is -2.33. The topological polar surface area (TPSA) is 115 Å². The molecule has 7 heteroatoms. The molecule has 0 fully saturated rings. The van der Waals surface area contributed by atoms with Crippen molar-refractivity contribution in [3.63, 3.8) is 0 Å². The summed E-state index contributed by atoms with van der Waals surface area (Å²) in [4.78, 5) is 21.1. The van der Waals surface area contributed by atoms with Crippen molar-refractivity contribution in [1.82, 2.24) is 0 Å². The Morgan fingerprint density at radius 3 is 2.32 bits per heavy atom. The fourth-order valence-electron chi connectivity index (χ4n) is 1.59. The van der Waals surface area contributed by atoms with E-state index in [9.17, 15) is 19.8 Å². The van der Waals surface area contributed by atoms with Crippen LogP contribution in [0.1, 0.15) is 23.7 Å². The molecular formula is C12H13ClO6. The summed E-state index contributed by atoms with van der Waals surface area (Å²) in [6.07, 6.45) is -3.83. The summed E-state index contributed by atoms with van der Waals surface area (Å²) < 4.78 is 0. The monoisotopic (exact) mass is 288 g/mol. The number of benzene rings is 1. The number of hydrogen-bond donors (Lipinski definition) is 4. The fourth-order valence-corrected chi connectivity index (χ4v) is 1.77. The fraction of sp³-hybridized carbons (Fsp3) is 0.333. The molecule has 1 aromatic rings. The van der Waals surface area contributed by atoms with Crippen molar-refractivity contribution in [2.24, 2.45) is 0 Å². The zero-order valence-corrected chi connectivity index (χ0v) is 10.5. The Balaban J connectivity index is 2.94. The van der Waals surface area contributed by atoms with E-state index in [1.54, 1.807) is 0 Å². The van der Waals surface area contributed by atoms with Crippen molar-refractivity contribution in [2.75, 3.05) is 0 Å². The van der Waals surface area contributed by atoms with Gasteiger partial charge in [-0.05, 0) is 17.2 Å². The van der Waals surface area contributed by atoms with E-state index in [2.05, 4.69) is 0 Å². The molecule has 0 aromatic heterocycles. The summed E-state index contributed by atoms with van der Waals surface area (Å²) >= 11 is 5.81. The van der Waals surface area contributed by atoms with E-state index in [0.717, 1.165) is 0 Å². The molecule has 19 heavy (non-hydrogen) atoms. The molecule has 6 nitrogen and oxygen atoms in total. The van der Waals surface area contributed by atoms with Crippen molar-refractivity contribution >= 4 is 23.5 Å². The van der Waals surface area contributed by atoms with Crippen LogP contribution in [0.25, 0.3) is 0 Å². The van der Waals surface area contributed by atoms with Crippen molar-refractivity contribution in [1.29, 1.82) is 0 Å². The summed E-state index contributed by atoms with van der Waals surface area (Å²) in [5.41, 5.74) is 0.502. The predicted octanol–water partition coefficient (Wildman–Crippen LogP) is 0.836. The zero-order valence-electron chi connectivity index (χ0n) is 9.78. The second-order valence-electron chi connectivity index (χ2n) is 4.03. The standard InChI is InChI=1S/C12H13ClO6/c13-8-2-1-6(3-7(8)4-10(15)16)12(19)9(14)5-11(17)18/h1-3,9,12,14,19H,4-5H2,(H,15,16)(H,17,18). The Labute approximate surface area is 113 Å². The molecule has 2 atom stereocenters. The molecule has 1 rings (SSSR count). The number of aliphatic hydroxyl groups is 2. The lowest BCUT2D eigenvalue weighted by molar-refractivity contribution is -0.141. The van der Waals surface area contributed by atoms with Crippen LogP contribution < -0.4 is 0 Å². The van der Waals surface area contributed by atoms with Crippen molar-refractivity contribution in [2.45, 2.75) is 25.0 Å². The average molecular weight is 289 g/mol. The molecule has 0 aliphatic carbocycles. The normalized spacial score (nSPS) is 13.8. The number of halogens is 1. The van der Waals surface area contributed by atoms with E-state index >= 15 is 0 Å². The number of carbonyl (C=O) groups is 2. The zero-order chi connectivity index (χ0) is 14.6. The molecule has 0 bridgehead atoms. The highest BCUT2D eigenvalue weighted by molar-refractivity contribution is 6.31. The maximum Gasteiger partial charge on any atom is 0.307 e. The first-order valence-corrected chi connectivity index (χ1v) is 5.77. The first-order chi connectivity index (χ1) is 8.81. The molecule has 0 aliphatic heterocycles. The van der Waals surface area contributed by atoms with Crippen LogP contribution in [-0.4, -0.2) is 38.5 Å². The Morgan fingerprint density at radius 1 is 1.16 bits per heavy atom. The highest BCUT2D eigenvalue weighted by atomic mass is 35.5. The molecule has 0 amide bonds. The van der Waals surface area contributed by atoms with Crippen molar-refractivity contribution in [3.8, 4) is 0 Å². The van der Waals surface area contributed by atoms with E-state index in [1.807, 2.05) is 0 Å². The van der Waals surface area contributed by atoms with Crippen LogP contribution in [0.5, 0.6) is 0 Å². The first-order valence-electron chi connectivity index (χ1n) is 5.39. The highest BCUT2D eigenvalue weighted by Crippen LogP contribution is 2.25. The minimum Gasteiger partial charge on any atom is -0.481 e.